The van der Waals surface area contributed by atoms with E-state index >= 15 is 0 Å². The molecule has 27 heavy (non-hydrogen) atoms. The van der Waals surface area contributed by atoms with E-state index in [0.717, 1.165) is 31.1 Å². The molecule has 2 saturated carbocycles. The third-order valence-electron chi connectivity index (χ3n) is 7.33. The molecule has 3 aliphatic rings. The van der Waals surface area contributed by atoms with Crippen LogP contribution in [0.1, 0.15) is 84.0 Å². The molecule has 0 aliphatic heterocycles. The first-order valence-electron chi connectivity index (χ1n) is 10.8. The predicted molar refractivity (Wildman–Crippen MR) is 99.1 cm³/mol. The minimum Gasteiger partial charge on any atom is -0.456 e. The van der Waals surface area contributed by atoms with Crippen molar-refractivity contribution in [2.45, 2.75) is 96.3 Å². The zero-order valence-electron chi connectivity index (χ0n) is 16.4. The lowest BCUT2D eigenvalue weighted by Crippen LogP contribution is -2.33. The minimum absolute atomic E-state index is 0.557. The Labute approximate surface area is 160 Å². The van der Waals surface area contributed by atoms with Gasteiger partial charge in [-0.15, -0.1) is 0 Å². The van der Waals surface area contributed by atoms with E-state index in [1.54, 1.807) is 5.57 Å². The second kappa shape index (κ2) is 9.00. The van der Waals surface area contributed by atoms with Gasteiger partial charge in [0.25, 0.3) is 0 Å². The van der Waals surface area contributed by atoms with Crippen molar-refractivity contribution in [2.24, 2.45) is 23.7 Å². The number of rotatable bonds is 4. The smallest absolute Gasteiger partial charge is 0.456 e. The number of hydrogen-bond acceptors (Lipinski definition) is 2. The van der Waals surface area contributed by atoms with Crippen molar-refractivity contribution in [3.63, 3.8) is 0 Å². The predicted octanol–water partition coefficient (Wildman–Crippen LogP) is 6.59. The SMILES string of the molecule is CCC1CCC(C2=CCC(C3CCC(OC(=O)C(F)(F)F)CC3)CC2)CC1. The topological polar surface area (TPSA) is 26.3 Å². The van der Waals surface area contributed by atoms with E-state index in [1.807, 2.05) is 0 Å². The van der Waals surface area contributed by atoms with Crippen LogP contribution >= 0.6 is 0 Å². The Morgan fingerprint density at radius 3 is 2.19 bits per heavy atom. The summed E-state index contributed by atoms with van der Waals surface area (Å²) in [6.07, 6.45) is 10.3. The Morgan fingerprint density at radius 1 is 1.00 bits per heavy atom. The van der Waals surface area contributed by atoms with Gasteiger partial charge in [-0.2, -0.15) is 13.2 Å². The maximum Gasteiger partial charge on any atom is 0.490 e. The number of carbonyl (C=O) groups excluding carboxylic acids is 1. The average molecular weight is 386 g/mol. The van der Waals surface area contributed by atoms with Crippen molar-refractivity contribution in [1.82, 2.24) is 0 Å². The highest BCUT2D eigenvalue weighted by molar-refractivity contribution is 5.75. The molecule has 0 aromatic heterocycles. The third kappa shape index (κ3) is 5.51. The van der Waals surface area contributed by atoms with E-state index in [0.29, 0.717) is 24.7 Å². The fraction of sp³-hybridized carbons (Fsp3) is 0.864. The summed E-state index contributed by atoms with van der Waals surface area (Å²) in [4.78, 5) is 11.0. The van der Waals surface area contributed by atoms with Crippen molar-refractivity contribution < 1.29 is 22.7 Å². The number of ether oxygens (including phenoxy) is 1. The van der Waals surface area contributed by atoms with Crippen molar-refractivity contribution in [3.05, 3.63) is 11.6 Å². The van der Waals surface area contributed by atoms with Gasteiger partial charge in [0.1, 0.15) is 6.10 Å². The molecule has 2 fully saturated rings. The van der Waals surface area contributed by atoms with E-state index in [-0.39, 0.29) is 0 Å². The largest absolute Gasteiger partial charge is 0.490 e. The molecule has 0 radical (unpaired) electrons. The molecular formula is C22H33F3O2. The van der Waals surface area contributed by atoms with E-state index < -0.39 is 18.2 Å². The number of carbonyl (C=O) groups is 1. The normalized spacial score (nSPS) is 35.4. The van der Waals surface area contributed by atoms with Crippen LogP contribution in [0.25, 0.3) is 0 Å². The second-order valence-electron chi connectivity index (χ2n) is 8.88. The summed E-state index contributed by atoms with van der Waals surface area (Å²) in [5.41, 5.74) is 1.67. The van der Waals surface area contributed by atoms with Crippen molar-refractivity contribution in [2.75, 3.05) is 0 Å². The summed E-state index contributed by atoms with van der Waals surface area (Å²) in [7, 11) is 0. The van der Waals surface area contributed by atoms with E-state index in [4.69, 9.17) is 0 Å². The van der Waals surface area contributed by atoms with Crippen LogP contribution in [-0.4, -0.2) is 18.2 Å². The molecule has 0 amide bonds. The van der Waals surface area contributed by atoms with Crippen molar-refractivity contribution in [3.8, 4) is 0 Å². The molecule has 1 atom stereocenters. The minimum atomic E-state index is -4.88. The number of alkyl halides is 3. The fourth-order valence-electron chi connectivity index (χ4n) is 5.51. The molecule has 0 N–H and O–H groups in total. The molecule has 154 valence electrons. The van der Waals surface area contributed by atoms with Gasteiger partial charge in [0.05, 0.1) is 0 Å². The maximum atomic E-state index is 12.3. The molecule has 1 unspecified atom stereocenters. The van der Waals surface area contributed by atoms with Gasteiger partial charge in [-0.1, -0.05) is 25.0 Å². The molecule has 2 nitrogen and oxygen atoms in total. The number of esters is 1. The second-order valence-corrected chi connectivity index (χ2v) is 8.88. The molecule has 3 rings (SSSR count). The maximum absolute atomic E-state index is 12.3. The molecule has 0 spiro atoms. The zero-order valence-corrected chi connectivity index (χ0v) is 16.4. The summed E-state index contributed by atoms with van der Waals surface area (Å²) < 4.78 is 41.6. The van der Waals surface area contributed by atoms with Gasteiger partial charge in [0.15, 0.2) is 0 Å². The van der Waals surface area contributed by atoms with Gasteiger partial charge in [-0.05, 0) is 94.3 Å². The quantitative estimate of drug-likeness (QED) is 0.402. The van der Waals surface area contributed by atoms with Crippen LogP contribution in [0.5, 0.6) is 0 Å². The van der Waals surface area contributed by atoms with Gasteiger partial charge in [-0.3, -0.25) is 0 Å². The van der Waals surface area contributed by atoms with Crippen LogP contribution in [0.2, 0.25) is 0 Å². The van der Waals surface area contributed by atoms with Gasteiger partial charge < -0.3 is 4.74 Å². The summed E-state index contributed by atoms with van der Waals surface area (Å²) in [5, 5.41) is 0. The first-order chi connectivity index (χ1) is 12.9. The highest BCUT2D eigenvalue weighted by atomic mass is 19.4. The summed E-state index contributed by atoms with van der Waals surface area (Å²) in [6.45, 7) is 2.30. The van der Waals surface area contributed by atoms with E-state index in [2.05, 4.69) is 17.7 Å². The van der Waals surface area contributed by atoms with Crippen molar-refractivity contribution >= 4 is 5.97 Å². The molecule has 3 aliphatic carbocycles. The first kappa shape index (κ1) is 20.7. The van der Waals surface area contributed by atoms with Crippen LogP contribution in [0.4, 0.5) is 13.2 Å². The monoisotopic (exact) mass is 386 g/mol. The molecule has 0 saturated heterocycles. The summed E-state index contributed by atoms with van der Waals surface area (Å²) in [5.74, 6) is 0.916. The van der Waals surface area contributed by atoms with Crippen LogP contribution in [0, 0.1) is 23.7 Å². The van der Waals surface area contributed by atoms with Crippen LogP contribution in [0.3, 0.4) is 0 Å². The molecular weight excluding hydrogens is 353 g/mol. The Balaban J connectivity index is 1.42. The lowest BCUT2D eigenvalue weighted by molar-refractivity contribution is -0.206. The highest BCUT2D eigenvalue weighted by Gasteiger charge is 2.43. The Bertz CT molecular complexity index is 524. The molecule has 0 heterocycles. The Kier molecular flexibility index (Phi) is 6.91. The van der Waals surface area contributed by atoms with Gasteiger partial charge in [-0.25, -0.2) is 4.79 Å². The lowest BCUT2D eigenvalue weighted by Gasteiger charge is -2.37. The number of hydrogen-bond donors (Lipinski definition) is 0. The van der Waals surface area contributed by atoms with Crippen LogP contribution < -0.4 is 0 Å². The highest BCUT2D eigenvalue weighted by Crippen LogP contribution is 2.43. The molecule has 5 heteroatoms. The lowest BCUT2D eigenvalue weighted by atomic mass is 9.70. The van der Waals surface area contributed by atoms with Gasteiger partial charge in [0, 0.05) is 0 Å². The number of allylic oxidation sites excluding steroid dienone is 2. The van der Waals surface area contributed by atoms with Crippen LogP contribution in [0.15, 0.2) is 11.6 Å². The number of halogens is 3. The average Bonchev–Trinajstić information content (AvgIpc) is 2.68. The first-order valence-corrected chi connectivity index (χ1v) is 10.8. The fourth-order valence-corrected chi connectivity index (χ4v) is 5.51. The van der Waals surface area contributed by atoms with E-state index in [9.17, 15) is 18.0 Å². The Hall–Kier alpha value is -1.00. The molecule has 0 bridgehead atoms. The van der Waals surface area contributed by atoms with Gasteiger partial charge in [0.2, 0.25) is 0 Å². The van der Waals surface area contributed by atoms with Crippen molar-refractivity contribution in [1.29, 1.82) is 0 Å². The molecule has 0 aromatic carbocycles. The summed E-state index contributed by atoms with van der Waals surface area (Å²) >= 11 is 0. The van der Waals surface area contributed by atoms with Crippen LogP contribution in [-0.2, 0) is 9.53 Å². The zero-order chi connectivity index (χ0) is 19.4. The summed E-state index contributed by atoms with van der Waals surface area (Å²) in [6, 6.07) is 0. The molecule has 0 aromatic rings. The standard InChI is InChI=1S/C22H33F3O2/c1-2-15-3-5-16(6-4-15)17-7-9-18(10-8-17)19-11-13-20(14-12-19)27-21(26)22(23,24)25/h7,15-16,18-20H,2-6,8-14H2,1H3. The third-order valence-corrected chi connectivity index (χ3v) is 7.33. The van der Waals surface area contributed by atoms with Gasteiger partial charge >= 0.3 is 12.1 Å². The van der Waals surface area contributed by atoms with E-state index in [1.165, 1.54) is 44.9 Å². The Morgan fingerprint density at radius 2 is 1.67 bits per heavy atom.